The molecule has 1 heterocycles. The van der Waals surface area contributed by atoms with Gasteiger partial charge in [-0.1, -0.05) is 11.6 Å². The molecule has 1 saturated heterocycles. The first kappa shape index (κ1) is 12.3. The van der Waals surface area contributed by atoms with Gasteiger partial charge in [0.25, 0.3) is 0 Å². The van der Waals surface area contributed by atoms with Crippen molar-refractivity contribution in [2.75, 3.05) is 20.2 Å². The Morgan fingerprint density at radius 1 is 1.11 bits per heavy atom. The minimum absolute atomic E-state index is 0.630. The molecule has 1 aliphatic carbocycles. The SMILES string of the molecule is COc1cc(C2CCNCC2)cc(Cl)c1C1CC1. The average molecular weight is 266 g/mol. The molecule has 18 heavy (non-hydrogen) atoms. The van der Waals surface area contributed by atoms with Gasteiger partial charge in [-0.25, -0.2) is 0 Å². The van der Waals surface area contributed by atoms with Gasteiger partial charge in [0.2, 0.25) is 0 Å². The van der Waals surface area contributed by atoms with Crippen LogP contribution in [0, 0.1) is 0 Å². The average Bonchev–Trinajstić information content (AvgIpc) is 3.23. The molecule has 0 bridgehead atoms. The quantitative estimate of drug-likeness (QED) is 0.900. The number of hydrogen-bond acceptors (Lipinski definition) is 2. The van der Waals surface area contributed by atoms with Gasteiger partial charge in [-0.3, -0.25) is 0 Å². The second kappa shape index (κ2) is 5.10. The Hall–Kier alpha value is -0.730. The van der Waals surface area contributed by atoms with Crippen LogP contribution in [0.2, 0.25) is 5.02 Å². The summed E-state index contributed by atoms with van der Waals surface area (Å²) in [4.78, 5) is 0. The number of benzene rings is 1. The van der Waals surface area contributed by atoms with E-state index in [4.69, 9.17) is 16.3 Å². The van der Waals surface area contributed by atoms with Crippen LogP contribution in [0.5, 0.6) is 5.75 Å². The van der Waals surface area contributed by atoms with Crippen molar-refractivity contribution in [3.8, 4) is 5.75 Å². The highest BCUT2D eigenvalue weighted by atomic mass is 35.5. The van der Waals surface area contributed by atoms with E-state index in [1.165, 1.54) is 36.8 Å². The zero-order valence-corrected chi connectivity index (χ0v) is 11.6. The molecule has 1 aliphatic heterocycles. The van der Waals surface area contributed by atoms with Gasteiger partial charge in [0.05, 0.1) is 7.11 Å². The maximum atomic E-state index is 6.47. The first-order valence-corrected chi connectivity index (χ1v) is 7.25. The summed E-state index contributed by atoms with van der Waals surface area (Å²) in [5.41, 5.74) is 2.58. The molecule has 2 nitrogen and oxygen atoms in total. The minimum atomic E-state index is 0.630. The molecule has 98 valence electrons. The summed E-state index contributed by atoms with van der Waals surface area (Å²) in [6, 6.07) is 4.39. The zero-order chi connectivity index (χ0) is 12.5. The topological polar surface area (TPSA) is 21.3 Å². The van der Waals surface area contributed by atoms with E-state index in [9.17, 15) is 0 Å². The molecule has 0 amide bonds. The smallest absolute Gasteiger partial charge is 0.124 e. The molecule has 2 fully saturated rings. The maximum Gasteiger partial charge on any atom is 0.124 e. The lowest BCUT2D eigenvalue weighted by Crippen LogP contribution is -2.26. The lowest BCUT2D eigenvalue weighted by molar-refractivity contribution is 0.406. The van der Waals surface area contributed by atoms with Crippen LogP contribution in [-0.4, -0.2) is 20.2 Å². The van der Waals surface area contributed by atoms with Gasteiger partial charge in [0.1, 0.15) is 5.75 Å². The van der Waals surface area contributed by atoms with Crippen LogP contribution in [-0.2, 0) is 0 Å². The highest BCUT2D eigenvalue weighted by Gasteiger charge is 2.30. The first-order valence-electron chi connectivity index (χ1n) is 6.87. The van der Waals surface area contributed by atoms with E-state index in [1.807, 2.05) is 0 Å². The Bertz CT molecular complexity index is 436. The molecule has 1 saturated carbocycles. The molecule has 3 heteroatoms. The summed E-state index contributed by atoms with van der Waals surface area (Å²) < 4.78 is 5.56. The van der Waals surface area contributed by atoms with Gasteiger partial charge in [0.15, 0.2) is 0 Å². The fourth-order valence-corrected chi connectivity index (χ4v) is 3.31. The molecular weight excluding hydrogens is 246 g/mol. The number of methoxy groups -OCH3 is 1. The molecule has 0 aromatic heterocycles. The summed E-state index contributed by atoms with van der Waals surface area (Å²) in [5, 5.41) is 4.31. The van der Waals surface area contributed by atoms with Crippen LogP contribution >= 0.6 is 11.6 Å². The van der Waals surface area contributed by atoms with E-state index >= 15 is 0 Å². The van der Waals surface area contributed by atoms with Crippen LogP contribution < -0.4 is 10.1 Å². The predicted molar refractivity (Wildman–Crippen MR) is 74.8 cm³/mol. The van der Waals surface area contributed by atoms with Gasteiger partial charge < -0.3 is 10.1 Å². The molecule has 0 unspecified atom stereocenters. The fraction of sp³-hybridized carbons (Fsp3) is 0.600. The third kappa shape index (κ3) is 2.36. The van der Waals surface area contributed by atoms with Crippen LogP contribution in [0.4, 0.5) is 0 Å². The summed E-state index contributed by atoms with van der Waals surface area (Å²) >= 11 is 6.47. The van der Waals surface area contributed by atoms with Gasteiger partial charge in [-0.2, -0.15) is 0 Å². The molecular formula is C15H20ClNO. The number of hydrogen-bond donors (Lipinski definition) is 1. The number of rotatable bonds is 3. The van der Waals surface area contributed by atoms with Crippen LogP contribution in [0.1, 0.15) is 48.6 Å². The summed E-state index contributed by atoms with van der Waals surface area (Å²) in [5.74, 6) is 2.26. The number of nitrogens with one attached hydrogen (secondary N) is 1. The van der Waals surface area contributed by atoms with E-state index in [2.05, 4.69) is 17.4 Å². The van der Waals surface area contributed by atoms with Gasteiger partial charge >= 0.3 is 0 Å². The first-order chi connectivity index (χ1) is 8.79. The highest BCUT2D eigenvalue weighted by Crippen LogP contribution is 2.48. The van der Waals surface area contributed by atoms with Gasteiger partial charge in [-0.05, 0) is 68.3 Å². The third-order valence-corrected chi connectivity index (χ3v) is 4.44. The Morgan fingerprint density at radius 2 is 1.83 bits per heavy atom. The summed E-state index contributed by atoms with van der Waals surface area (Å²) in [7, 11) is 1.75. The second-order valence-electron chi connectivity index (χ2n) is 5.42. The highest BCUT2D eigenvalue weighted by molar-refractivity contribution is 6.31. The molecule has 0 spiro atoms. The largest absolute Gasteiger partial charge is 0.496 e. The monoisotopic (exact) mass is 265 g/mol. The van der Waals surface area contributed by atoms with Crippen molar-refractivity contribution in [2.45, 2.75) is 37.5 Å². The minimum Gasteiger partial charge on any atom is -0.496 e. The molecule has 1 aromatic carbocycles. The van der Waals surface area contributed by atoms with Crippen molar-refractivity contribution in [2.24, 2.45) is 0 Å². The van der Waals surface area contributed by atoms with Crippen molar-refractivity contribution < 1.29 is 4.74 Å². The summed E-state index contributed by atoms with van der Waals surface area (Å²) in [6.45, 7) is 2.21. The van der Waals surface area contributed by atoms with E-state index in [0.29, 0.717) is 11.8 Å². The van der Waals surface area contributed by atoms with E-state index < -0.39 is 0 Å². The third-order valence-electron chi connectivity index (χ3n) is 4.13. The van der Waals surface area contributed by atoms with Crippen LogP contribution in [0.25, 0.3) is 0 Å². The molecule has 1 N–H and O–H groups in total. The normalized spacial score (nSPS) is 21.0. The molecule has 2 aliphatic rings. The van der Waals surface area contributed by atoms with Crippen molar-refractivity contribution in [3.63, 3.8) is 0 Å². The van der Waals surface area contributed by atoms with Gasteiger partial charge in [-0.15, -0.1) is 0 Å². The predicted octanol–water partition coefficient (Wildman–Crippen LogP) is 3.69. The van der Waals surface area contributed by atoms with E-state index in [-0.39, 0.29) is 0 Å². The Kier molecular flexibility index (Phi) is 3.49. The van der Waals surface area contributed by atoms with Crippen molar-refractivity contribution in [1.82, 2.24) is 5.32 Å². The number of piperidine rings is 1. The number of halogens is 1. The Labute approximate surface area is 114 Å². The van der Waals surface area contributed by atoms with Crippen molar-refractivity contribution in [3.05, 3.63) is 28.3 Å². The molecule has 0 radical (unpaired) electrons. The van der Waals surface area contributed by atoms with Crippen LogP contribution in [0.15, 0.2) is 12.1 Å². The molecule has 1 aromatic rings. The zero-order valence-electron chi connectivity index (χ0n) is 10.8. The van der Waals surface area contributed by atoms with Gasteiger partial charge in [0, 0.05) is 10.6 Å². The molecule has 3 rings (SSSR count). The number of ether oxygens (including phenoxy) is 1. The lowest BCUT2D eigenvalue weighted by atomic mass is 9.89. The molecule has 0 atom stereocenters. The lowest BCUT2D eigenvalue weighted by Gasteiger charge is -2.24. The van der Waals surface area contributed by atoms with E-state index in [1.54, 1.807) is 7.11 Å². The Morgan fingerprint density at radius 3 is 2.44 bits per heavy atom. The second-order valence-corrected chi connectivity index (χ2v) is 5.82. The fourth-order valence-electron chi connectivity index (χ4n) is 2.94. The van der Waals surface area contributed by atoms with Crippen molar-refractivity contribution in [1.29, 1.82) is 0 Å². The Balaban J connectivity index is 1.93. The standard InChI is InChI=1S/C15H20ClNO/c1-18-14-9-12(10-4-6-17-7-5-10)8-13(16)15(14)11-2-3-11/h8-11,17H,2-7H2,1H3. The van der Waals surface area contributed by atoms with Crippen LogP contribution in [0.3, 0.4) is 0 Å². The maximum absolute atomic E-state index is 6.47. The van der Waals surface area contributed by atoms with Crippen molar-refractivity contribution >= 4 is 11.6 Å². The summed E-state index contributed by atoms with van der Waals surface area (Å²) in [6.07, 6.45) is 4.90. The van der Waals surface area contributed by atoms with E-state index in [0.717, 1.165) is 23.9 Å².